The molecule has 3 nitrogen and oxygen atoms in total. The minimum Gasteiger partial charge on any atom is -0.352 e. The van der Waals surface area contributed by atoms with Gasteiger partial charge >= 0.3 is 0 Å². The standard InChI is InChI=1S/C14H18N2O/c17-14(16-13-5-6-15-9-13)12-7-10-3-1-2-4-11(10)8-12/h1-4,12-13,15H,5-9H2,(H,16,17)/t13-/m0/s1. The zero-order valence-electron chi connectivity index (χ0n) is 9.91. The SMILES string of the molecule is O=C(N[C@H]1CCNC1)C1Cc2ccccc2C1. The second-order valence-electron chi connectivity index (χ2n) is 5.07. The number of amides is 1. The fourth-order valence-electron chi connectivity index (χ4n) is 2.84. The first kappa shape index (κ1) is 10.8. The maximum Gasteiger partial charge on any atom is 0.224 e. The minimum atomic E-state index is 0.146. The Hall–Kier alpha value is -1.35. The predicted octanol–water partition coefficient (Wildman–Crippen LogP) is 0.879. The zero-order valence-corrected chi connectivity index (χ0v) is 9.91. The number of carbonyl (C=O) groups excluding carboxylic acids is 1. The fourth-order valence-corrected chi connectivity index (χ4v) is 2.84. The average Bonchev–Trinajstić information content (AvgIpc) is 2.96. The van der Waals surface area contributed by atoms with Crippen molar-refractivity contribution in [2.24, 2.45) is 5.92 Å². The summed E-state index contributed by atoms with van der Waals surface area (Å²) in [5.41, 5.74) is 2.69. The summed E-state index contributed by atoms with van der Waals surface area (Å²) in [6, 6.07) is 8.73. The van der Waals surface area contributed by atoms with Gasteiger partial charge in [0.2, 0.25) is 5.91 Å². The third kappa shape index (κ3) is 2.20. The van der Waals surface area contributed by atoms with Crippen LogP contribution in [0.4, 0.5) is 0 Å². The van der Waals surface area contributed by atoms with Gasteiger partial charge in [-0.2, -0.15) is 0 Å². The highest BCUT2D eigenvalue weighted by atomic mass is 16.1. The molecule has 0 unspecified atom stereocenters. The number of benzene rings is 1. The van der Waals surface area contributed by atoms with E-state index in [1.807, 2.05) is 0 Å². The highest BCUT2D eigenvalue weighted by Gasteiger charge is 2.28. The van der Waals surface area contributed by atoms with E-state index in [1.54, 1.807) is 0 Å². The molecule has 1 aliphatic heterocycles. The summed E-state index contributed by atoms with van der Waals surface area (Å²) in [5, 5.41) is 6.42. The third-order valence-corrected chi connectivity index (χ3v) is 3.83. The first-order valence-electron chi connectivity index (χ1n) is 6.41. The Balaban J connectivity index is 1.62. The molecular weight excluding hydrogens is 212 g/mol. The van der Waals surface area contributed by atoms with Gasteiger partial charge in [0.05, 0.1) is 0 Å². The molecule has 3 heteroatoms. The molecule has 0 bridgehead atoms. The van der Waals surface area contributed by atoms with Gasteiger partial charge in [-0.1, -0.05) is 24.3 Å². The summed E-state index contributed by atoms with van der Waals surface area (Å²) in [5.74, 6) is 0.378. The van der Waals surface area contributed by atoms with Crippen LogP contribution in [0.3, 0.4) is 0 Å². The van der Waals surface area contributed by atoms with Crippen LogP contribution < -0.4 is 10.6 Å². The molecule has 17 heavy (non-hydrogen) atoms. The van der Waals surface area contributed by atoms with Gasteiger partial charge in [0.15, 0.2) is 0 Å². The summed E-state index contributed by atoms with van der Waals surface area (Å²) in [6.07, 6.45) is 2.87. The summed E-state index contributed by atoms with van der Waals surface area (Å²) >= 11 is 0. The highest BCUT2D eigenvalue weighted by Crippen LogP contribution is 2.26. The summed E-state index contributed by atoms with van der Waals surface area (Å²) < 4.78 is 0. The molecule has 1 atom stereocenters. The van der Waals surface area contributed by atoms with Crippen molar-refractivity contribution < 1.29 is 4.79 Å². The highest BCUT2D eigenvalue weighted by molar-refractivity contribution is 5.80. The first-order valence-corrected chi connectivity index (χ1v) is 6.41. The lowest BCUT2D eigenvalue weighted by Gasteiger charge is -2.15. The number of nitrogens with one attached hydrogen (secondary N) is 2. The Labute approximate surface area is 102 Å². The van der Waals surface area contributed by atoms with Crippen molar-refractivity contribution in [1.82, 2.24) is 10.6 Å². The van der Waals surface area contributed by atoms with Crippen molar-refractivity contribution in [2.45, 2.75) is 25.3 Å². The smallest absolute Gasteiger partial charge is 0.224 e. The topological polar surface area (TPSA) is 41.1 Å². The molecule has 1 saturated heterocycles. The van der Waals surface area contributed by atoms with Crippen LogP contribution >= 0.6 is 0 Å². The number of carbonyl (C=O) groups is 1. The molecule has 1 aromatic carbocycles. The maximum atomic E-state index is 12.1. The van der Waals surface area contributed by atoms with E-state index in [0.29, 0.717) is 6.04 Å². The van der Waals surface area contributed by atoms with E-state index in [0.717, 1.165) is 32.4 Å². The van der Waals surface area contributed by atoms with Crippen molar-refractivity contribution >= 4 is 5.91 Å². The van der Waals surface area contributed by atoms with Gasteiger partial charge in [-0.05, 0) is 36.9 Å². The molecule has 1 fully saturated rings. The number of hydrogen-bond donors (Lipinski definition) is 2. The van der Waals surface area contributed by atoms with Crippen molar-refractivity contribution in [3.63, 3.8) is 0 Å². The quantitative estimate of drug-likeness (QED) is 0.792. The molecule has 1 aliphatic carbocycles. The van der Waals surface area contributed by atoms with Crippen molar-refractivity contribution in [3.05, 3.63) is 35.4 Å². The van der Waals surface area contributed by atoms with Crippen LogP contribution in [0, 0.1) is 5.92 Å². The fraction of sp³-hybridized carbons (Fsp3) is 0.500. The number of hydrogen-bond acceptors (Lipinski definition) is 2. The van der Waals surface area contributed by atoms with E-state index in [1.165, 1.54) is 11.1 Å². The number of fused-ring (bicyclic) bond motifs is 1. The van der Waals surface area contributed by atoms with Gasteiger partial charge in [-0.15, -0.1) is 0 Å². The Morgan fingerprint density at radius 1 is 1.24 bits per heavy atom. The van der Waals surface area contributed by atoms with E-state index >= 15 is 0 Å². The summed E-state index contributed by atoms with van der Waals surface area (Å²) in [6.45, 7) is 1.95. The molecule has 90 valence electrons. The van der Waals surface area contributed by atoms with Crippen LogP contribution in [0.25, 0.3) is 0 Å². The van der Waals surface area contributed by atoms with Crippen LogP contribution in [-0.4, -0.2) is 25.0 Å². The lowest BCUT2D eigenvalue weighted by atomic mass is 10.0. The zero-order chi connectivity index (χ0) is 11.7. The van der Waals surface area contributed by atoms with Gasteiger partial charge in [0.25, 0.3) is 0 Å². The van der Waals surface area contributed by atoms with Gasteiger partial charge in [-0.25, -0.2) is 0 Å². The minimum absolute atomic E-state index is 0.146. The van der Waals surface area contributed by atoms with Crippen LogP contribution in [0.15, 0.2) is 24.3 Å². The van der Waals surface area contributed by atoms with Gasteiger partial charge < -0.3 is 10.6 Å². The largest absolute Gasteiger partial charge is 0.352 e. The van der Waals surface area contributed by atoms with E-state index < -0.39 is 0 Å². The predicted molar refractivity (Wildman–Crippen MR) is 66.8 cm³/mol. The van der Waals surface area contributed by atoms with E-state index in [4.69, 9.17) is 0 Å². The molecule has 0 radical (unpaired) electrons. The lowest BCUT2D eigenvalue weighted by molar-refractivity contribution is -0.125. The van der Waals surface area contributed by atoms with Gasteiger partial charge in [0, 0.05) is 18.5 Å². The molecule has 1 amide bonds. The monoisotopic (exact) mass is 230 g/mol. The summed E-state index contributed by atoms with van der Waals surface area (Å²) in [7, 11) is 0. The molecule has 0 spiro atoms. The molecule has 0 saturated carbocycles. The first-order chi connectivity index (χ1) is 8.33. The molecule has 3 rings (SSSR count). The Morgan fingerprint density at radius 3 is 2.53 bits per heavy atom. The third-order valence-electron chi connectivity index (χ3n) is 3.83. The average molecular weight is 230 g/mol. The van der Waals surface area contributed by atoms with Crippen molar-refractivity contribution in [2.75, 3.05) is 13.1 Å². The molecule has 1 heterocycles. The van der Waals surface area contributed by atoms with E-state index in [9.17, 15) is 4.79 Å². The lowest BCUT2D eigenvalue weighted by Crippen LogP contribution is -2.40. The van der Waals surface area contributed by atoms with Crippen LogP contribution in [0.1, 0.15) is 17.5 Å². The van der Waals surface area contributed by atoms with Crippen LogP contribution in [-0.2, 0) is 17.6 Å². The molecular formula is C14H18N2O. The van der Waals surface area contributed by atoms with Crippen molar-refractivity contribution in [1.29, 1.82) is 0 Å². The maximum absolute atomic E-state index is 12.1. The second kappa shape index (κ2) is 4.49. The second-order valence-corrected chi connectivity index (χ2v) is 5.07. The molecule has 1 aromatic rings. The van der Waals surface area contributed by atoms with Crippen molar-refractivity contribution in [3.8, 4) is 0 Å². The molecule has 0 aromatic heterocycles. The Bertz CT molecular complexity index is 399. The number of rotatable bonds is 2. The molecule has 2 aliphatic rings. The molecule has 2 N–H and O–H groups in total. The van der Waals surface area contributed by atoms with Crippen LogP contribution in [0.5, 0.6) is 0 Å². The van der Waals surface area contributed by atoms with Gasteiger partial charge in [-0.3, -0.25) is 4.79 Å². The van der Waals surface area contributed by atoms with E-state index in [2.05, 4.69) is 34.9 Å². The van der Waals surface area contributed by atoms with E-state index in [-0.39, 0.29) is 11.8 Å². The van der Waals surface area contributed by atoms with Crippen LogP contribution in [0.2, 0.25) is 0 Å². The summed E-state index contributed by atoms with van der Waals surface area (Å²) in [4.78, 5) is 12.1. The Kier molecular flexibility index (Phi) is 2.85. The normalized spacial score (nSPS) is 23.6. The van der Waals surface area contributed by atoms with Gasteiger partial charge in [0.1, 0.15) is 0 Å². The Morgan fingerprint density at radius 2 is 1.94 bits per heavy atom.